The summed E-state index contributed by atoms with van der Waals surface area (Å²) in [7, 11) is 0. The van der Waals surface area contributed by atoms with Crippen molar-refractivity contribution in [2.75, 3.05) is 43.0 Å². The first-order valence-electron chi connectivity index (χ1n) is 10.9. The number of piperazine rings is 1. The average Bonchev–Trinajstić information content (AvgIpc) is 2.81. The highest BCUT2D eigenvalue weighted by Crippen LogP contribution is 2.21. The zero-order valence-electron chi connectivity index (χ0n) is 18.6. The van der Waals surface area contributed by atoms with E-state index in [-0.39, 0.29) is 12.5 Å². The highest BCUT2D eigenvalue weighted by molar-refractivity contribution is 5.91. The fraction of sp³-hybridized carbons (Fsp3) is 0.320. The number of carbonyl (C=O) groups excluding carboxylic acids is 1. The molecular weight excluding hydrogens is 402 g/mol. The van der Waals surface area contributed by atoms with Crippen molar-refractivity contribution in [1.29, 1.82) is 0 Å². The number of ether oxygens (including phenoxy) is 1. The third kappa shape index (κ3) is 5.62. The van der Waals surface area contributed by atoms with Gasteiger partial charge in [0.15, 0.2) is 6.61 Å². The zero-order valence-corrected chi connectivity index (χ0v) is 18.6. The molecule has 0 unspecified atom stereocenters. The quantitative estimate of drug-likeness (QED) is 0.618. The standard InChI is InChI=1S/C25H29N5O2/c1-19-7-6-10-22(20(19)2)32-17-25(31)28-23-15-24(27-18-26-23)30-13-11-29(12-14-30)16-21-8-4-3-5-9-21/h3-10,15,18H,11-14,16-17H2,1-2H3,(H,26,27,28,31). The maximum atomic E-state index is 12.4. The van der Waals surface area contributed by atoms with Crippen LogP contribution >= 0.6 is 0 Å². The van der Waals surface area contributed by atoms with Crippen LogP contribution in [0.3, 0.4) is 0 Å². The van der Waals surface area contributed by atoms with E-state index in [1.165, 1.54) is 11.9 Å². The summed E-state index contributed by atoms with van der Waals surface area (Å²) in [5.41, 5.74) is 3.50. The number of benzene rings is 2. The van der Waals surface area contributed by atoms with Crippen molar-refractivity contribution in [3.63, 3.8) is 0 Å². The van der Waals surface area contributed by atoms with Gasteiger partial charge in [-0.05, 0) is 36.6 Å². The minimum Gasteiger partial charge on any atom is -0.483 e. The molecule has 1 amide bonds. The molecule has 1 aromatic heterocycles. The van der Waals surface area contributed by atoms with Crippen LogP contribution in [0.5, 0.6) is 5.75 Å². The Morgan fingerprint density at radius 1 is 1.00 bits per heavy atom. The molecule has 3 aromatic rings. The molecule has 1 saturated heterocycles. The van der Waals surface area contributed by atoms with Crippen LogP contribution in [-0.4, -0.2) is 53.6 Å². The summed E-state index contributed by atoms with van der Waals surface area (Å²) < 4.78 is 5.69. The summed E-state index contributed by atoms with van der Waals surface area (Å²) in [6.45, 7) is 8.58. The predicted molar refractivity (Wildman–Crippen MR) is 126 cm³/mol. The number of hydrogen-bond donors (Lipinski definition) is 1. The van der Waals surface area contributed by atoms with E-state index in [1.54, 1.807) is 0 Å². The van der Waals surface area contributed by atoms with Crippen LogP contribution in [0.1, 0.15) is 16.7 Å². The van der Waals surface area contributed by atoms with Crippen LogP contribution in [0.25, 0.3) is 0 Å². The van der Waals surface area contributed by atoms with Crippen LogP contribution in [0.2, 0.25) is 0 Å². The van der Waals surface area contributed by atoms with Crippen molar-refractivity contribution in [3.8, 4) is 5.75 Å². The van der Waals surface area contributed by atoms with Crippen molar-refractivity contribution in [2.45, 2.75) is 20.4 Å². The summed E-state index contributed by atoms with van der Waals surface area (Å²) in [6.07, 6.45) is 1.49. The predicted octanol–water partition coefficient (Wildman–Crippen LogP) is 3.43. The maximum absolute atomic E-state index is 12.4. The minimum absolute atomic E-state index is 0.0677. The second-order valence-corrected chi connectivity index (χ2v) is 8.05. The Kier molecular flexibility index (Phi) is 6.97. The van der Waals surface area contributed by atoms with Crippen LogP contribution in [0.15, 0.2) is 60.9 Å². The van der Waals surface area contributed by atoms with Gasteiger partial charge in [-0.1, -0.05) is 42.5 Å². The zero-order chi connectivity index (χ0) is 22.3. The van der Waals surface area contributed by atoms with Crippen LogP contribution < -0.4 is 15.0 Å². The van der Waals surface area contributed by atoms with Gasteiger partial charge in [0.1, 0.15) is 23.7 Å². The fourth-order valence-corrected chi connectivity index (χ4v) is 3.77. The van der Waals surface area contributed by atoms with E-state index >= 15 is 0 Å². The second kappa shape index (κ2) is 10.2. The Bertz CT molecular complexity index is 1050. The van der Waals surface area contributed by atoms with E-state index in [1.807, 2.05) is 44.2 Å². The van der Waals surface area contributed by atoms with E-state index in [0.29, 0.717) is 5.82 Å². The van der Waals surface area contributed by atoms with Crippen molar-refractivity contribution >= 4 is 17.5 Å². The molecule has 0 atom stereocenters. The number of amides is 1. The molecule has 2 aromatic carbocycles. The lowest BCUT2D eigenvalue weighted by molar-refractivity contribution is -0.118. The van der Waals surface area contributed by atoms with Crippen molar-refractivity contribution in [2.24, 2.45) is 0 Å². The SMILES string of the molecule is Cc1cccc(OCC(=O)Nc2cc(N3CCN(Cc4ccccc4)CC3)ncn2)c1C. The van der Waals surface area contributed by atoms with Gasteiger partial charge in [0, 0.05) is 38.8 Å². The number of carbonyl (C=O) groups is 1. The van der Waals surface area contributed by atoms with Crippen molar-refractivity contribution in [1.82, 2.24) is 14.9 Å². The van der Waals surface area contributed by atoms with E-state index in [4.69, 9.17) is 4.74 Å². The second-order valence-electron chi connectivity index (χ2n) is 8.05. The van der Waals surface area contributed by atoms with Gasteiger partial charge in [0.2, 0.25) is 0 Å². The highest BCUT2D eigenvalue weighted by Gasteiger charge is 2.19. The first kappa shape index (κ1) is 21.8. The Hall–Kier alpha value is -3.45. The molecule has 0 aliphatic carbocycles. The molecule has 4 rings (SSSR count). The first-order chi connectivity index (χ1) is 15.6. The third-order valence-electron chi connectivity index (χ3n) is 5.78. The van der Waals surface area contributed by atoms with E-state index in [0.717, 1.165) is 55.4 Å². The Labute approximate surface area is 189 Å². The number of rotatable bonds is 7. The topological polar surface area (TPSA) is 70.6 Å². The molecule has 0 bridgehead atoms. The molecule has 0 radical (unpaired) electrons. The Morgan fingerprint density at radius 3 is 2.56 bits per heavy atom. The molecule has 1 aliphatic heterocycles. The Balaban J connectivity index is 1.29. The van der Waals surface area contributed by atoms with Gasteiger partial charge >= 0.3 is 0 Å². The van der Waals surface area contributed by atoms with Gasteiger partial charge in [-0.15, -0.1) is 0 Å². The molecule has 0 spiro atoms. The van der Waals surface area contributed by atoms with Crippen molar-refractivity contribution < 1.29 is 9.53 Å². The molecule has 0 saturated carbocycles. The number of nitrogens with zero attached hydrogens (tertiary/aromatic N) is 4. The summed E-state index contributed by atoms with van der Waals surface area (Å²) in [5, 5.41) is 2.82. The maximum Gasteiger partial charge on any atom is 0.263 e. The van der Waals surface area contributed by atoms with Crippen molar-refractivity contribution in [3.05, 3.63) is 77.6 Å². The van der Waals surface area contributed by atoms with Gasteiger partial charge in [0.25, 0.3) is 5.91 Å². The molecule has 32 heavy (non-hydrogen) atoms. The summed E-state index contributed by atoms with van der Waals surface area (Å²) in [6, 6.07) is 18.2. The number of nitrogens with one attached hydrogen (secondary N) is 1. The molecule has 166 valence electrons. The first-order valence-corrected chi connectivity index (χ1v) is 10.9. The van der Waals surface area contributed by atoms with E-state index < -0.39 is 0 Å². The third-order valence-corrected chi connectivity index (χ3v) is 5.78. The lowest BCUT2D eigenvalue weighted by atomic mass is 10.1. The lowest BCUT2D eigenvalue weighted by Crippen LogP contribution is -2.46. The smallest absolute Gasteiger partial charge is 0.263 e. The molecular formula is C25H29N5O2. The largest absolute Gasteiger partial charge is 0.483 e. The molecule has 1 fully saturated rings. The summed E-state index contributed by atoms with van der Waals surface area (Å²) in [4.78, 5) is 25.6. The van der Waals surface area contributed by atoms with Crippen LogP contribution in [0.4, 0.5) is 11.6 Å². The highest BCUT2D eigenvalue weighted by atomic mass is 16.5. The van der Waals surface area contributed by atoms with Crippen LogP contribution in [0, 0.1) is 13.8 Å². The van der Waals surface area contributed by atoms with Gasteiger partial charge < -0.3 is 15.0 Å². The molecule has 2 heterocycles. The average molecular weight is 432 g/mol. The number of anilines is 2. The lowest BCUT2D eigenvalue weighted by Gasteiger charge is -2.35. The monoisotopic (exact) mass is 431 g/mol. The number of aryl methyl sites for hydroxylation is 1. The van der Waals surface area contributed by atoms with E-state index in [2.05, 4.69) is 49.4 Å². The van der Waals surface area contributed by atoms with Gasteiger partial charge in [0.05, 0.1) is 0 Å². The minimum atomic E-state index is -0.247. The molecule has 7 nitrogen and oxygen atoms in total. The normalized spacial score (nSPS) is 14.2. The summed E-state index contributed by atoms with van der Waals surface area (Å²) in [5.74, 6) is 1.78. The number of hydrogen-bond acceptors (Lipinski definition) is 6. The fourth-order valence-electron chi connectivity index (χ4n) is 3.77. The van der Waals surface area contributed by atoms with E-state index in [9.17, 15) is 4.79 Å². The number of aromatic nitrogens is 2. The molecule has 7 heteroatoms. The Morgan fingerprint density at radius 2 is 1.78 bits per heavy atom. The van der Waals surface area contributed by atoms with Gasteiger partial charge in [-0.2, -0.15) is 0 Å². The molecule has 1 N–H and O–H groups in total. The van der Waals surface area contributed by atoms with Gasteiger partial charge in [-0.3, -0.25) is 9.69 Å². The van der Waals surface area contributed by atoms with Crippen LogP contribution in [-0.2, 0) is 11.3 Å². The van der Waals surface area contributed by atoms with Gasteiger partial charge in [-0.25, -0.2) is 9.97 Å². The molecule has 1 aliphatic rings. The summed E-state index contributed by atoms with van der Waals surface area (Å²) >= 11 is 0.